The van der Waals surface area contributed by atoms with Gasteiger partial charge in [-0.05, 0) is 48.5 Å². The van der Waals surface area contributed by atoms with Gasteiger partial charge in [0.1, 0.15) is 22.0 Å². The number of carbonyl (C=O) groups excluding carboxylic acids is 5. The van der Waals surface area contributed by atoms with Crippen LogP contribution in [0.3, 0.4) is 0 Å². The van der Waals surface area contributed by atoms with Crippen molar-refractivity contribution < 1.29 is 33.1 Å². The molecular weight excluding hydrogens is 736 g/mol. The molecule has 4 atom stereocenters. The molecule has 45 heavy (non-hydrogen) atoms. The minimum atomic E-state index is -2.19. The van der Waals surface area contributed by atoms with E-state index in [1.807, 2.05) is 0 Å². The van der Waals surface area contributed by atoms with Crippen LogP contribution in [0.2, 0.25) is 5.02 Å². The van der Waals surface area contributed by atoms with Crippen LogP contribution in [0.4, 0.5) is 0 Å². The van der Waals surface area contributed by atoms with Gasteiger partial charge < -0.3 is 9.15 Å². The third kappa shape index (κ3) is 4.47. The van der Waals surface area contributed by atoms with Crippen molar-refractivity contribution in [3.8, 4) is 5.75 Å². The number of hydrogen-bond donors (Lipinski definition) is 0. The Bertz CT molecular complexity index is 1780. The molecule has 1 aromatic heterocycles. The summed E-state index contributed by atoms with van der Waals surface area (Å²) in [6.07, 6.45) is 1.31. The van der Waals surface area contributed by atoms with E-state index in [1.165, 1.54) is 60.9 Å². The highest BCUT2D eigenvalue weighted by Crippen LogP contribution is 2.77. The van der Waals surface area contributed by atoms with Crippen LogP contribution >= 0.6 is 81.2 Å². The first-order chi connectivity index (χ1) is 21.2. The molecule has 6 rings (SSSR count). The number of halogens is 7. The van der Waals surface area contributed by atoms with E-state index in [9.17, 15) is 24.0 Å². The van der Waals surface area contributed by atoms with Crippen molar-refractivity contribution in [1.82, 2.24) is 10.0 Å². The molecule has 3 amide bonds. The molecule has 3 aromatic rings. The Morgan fingerprint density at radius 3 is 1.93 bits per heavy atom. The van der Waals surface area contributed by atoms with Crippen molar-refractivity contribution in [1.29, 1.82) is 0 Å². The fourth-order valence-corrected chi connectivity index (χ4v) is 8.86. The molecular formula is C29H15Cl7N2O7. The number of furan rings is 1. The molecule has 0 unspecified atom stereocenters. The zero-order valence-electron chi connectivity index (χ0n) is 22.1. The molecule has 3 aliphatic rings. The summed E-state index contributed by atoms with van der Waals surface area (Å²) in [5.41, 5.74) is -0.0767. The Morgan fingerprint density at radius 1 is 0.822 bits per heavy atom. The molecule has 16 heteroatoms. The average molecular weight is 752 g/mol. The lowest BCUT2D eigenvalue weighted by Crippen LogP contribution is -2.56. The van der Waals surface area contributed by atoms with Crippen LogP contribution in [0, 0.1) is 11.8 Å². The number of ketones is 1. The summed E-state index contributed by atoms with van der Waals surface area (Å²) >= 11 is 45.8. The van der Waals surface area contributed by atoms with Crippen molar-refractivity contribution in [2.45, 2.75) is 14.1 Å². The minimum absolute atomic E-state index is 0.0158. The van der Waals surface area contributed by atoms with Gasteiger partial charge in [0.25, 0.3) is 17.7 Å². The first kappa shape index (κ1) is 32.2. The third-order valence-electron chi connectivity index (χ3n) is 7.87. The monoisotopic (exact) mass is 748 g/mol. The Morgan fingerprint density at radius 2 is 1.40 bits per heavy atom. The summed E-state index contributed by atoms with van der Waals surface area (Å²) in [7, 11) is 0. The fraction of sp³-hybridized carbons (Fsp3) is 0.207. The Hall–Kier alpha value is -2.76. The van der Waals surface area contributed by atoms with Crippen LogP contribution in [0.25, 0.3) is 0 Å². The van der Waals surface area contributed by atoms with Crippen LogP contribution in [0.1, 0.15) is 31.3 Å². The van der Waals surface area contributed by atoms with Gasteiger partial charge in [0, 0.05) is 5.56 Å². The Labute approximate surface area is 289 Å². The molecule has 1 aliphatic heterocycles. The highest BCUT2D eigenvalue weighted by Gasteiger charge is 2.88. The zero-order valence-corrected chi connectivity index (χ0v) is 27.4. The normalized spacial score (nSPS) is 26.3. The number of nitrogens with zero attached hydrogens (tertiary/aromatic N) is 2. The maximum Gasteiger partial charge on any atom is 0.379 e. The quantitative estimate of drug-likeness (QED) is 0.0855. The molecule has 0 radical (unpaired) electrons. The van der Waals surface area contributed by atoms with Gasteiger partial charge in [0.2, 0.25) is 5.76 Å². The SMILES string of the molecule is O=C(CN(C(=O)c1ccccc1Cl)N1C(=O)[C@@H]2[C@@H](C1=O)[C@@]1(Cl)C(Cl)=C(Cl)[C@@]2(Cl)C1(Cl)Cl)c1ccc(OC(=O)c2ccco2)cc1. The van der Waals surface area contributed by atoms with Crippen molar-refractivity contribution in [3.63, 3.8) is 0 Å². The molecule has 2 aliphatic carbocycles. The van der Waals surface area contributed by atoms with E-state index in [2.05, 4.69) is 0 Å². The van der Waals surface area contributed by atoms with Crippen molar-refractivity contribution >= 4 is 111 Å². The summed E-state index contributed by atoms with van der Waals surface area (Å²) in [5.74, 6) is -7.54. The lowest BCUT2D eigenvalue weighted by Gasteiger charge is -2.36. The van der Waals surface area contributed by atoms with Gasteiger partial charge in [-0.15, -0.1) is 23.2 Å². The number of carbonyl (C=O) groups is 5. The van der Waals surface area contributed by atoms with Gasteiger partial charge in [-0.25, -0.2) is 9.80 Å². The largest absolute Gasteiger partial charge is 0.457 e. The summed E-state index contributed by atoms with van der Waals surface area (Å²) < 4.78 is 8.03. The van der Waals surface area contributed by atoms with Crippen LogP contribution in [-0.4, -0.2) is 60.1 Å². The minimum Gasteiger partial charge on any atom is -0.457 e. The van der Waals surface area contributed by atoms with Gasteiger partial charge in [-0.3, -0.25) is 19.2 Å². The van der Waals surface area contributed by atoms with E-state index < -0.39 is 61.9 Å². The fourth-order valence-electron chi connectivity index (χ4n) is 5.71. The molecule has 2 fully saturated rings. The molecule has 9 nitrogen and oxygen atoms in total. The summed E-state index contributed by atoms with van der Waals surface area (Å²) in [5, 5.41) is 0.474. The molecule has 0 spiro atoms. The molecule has 2 bridgehead atoms. The standard InChI is InChI=1S/C29H15Cl7N2O7/c30-16-5-2-1-4-15(16)23(40)37(12-17(39)13-7-9-14(10-8-13)45-26(43)18-6-3-11-44-18)38-24(41)19-20(25(38)42)28(34)22(32)21(31)27(19,33)29(28,35)36/h1-11,19-20H,12H2/t19-,20-,27+,28+/m0/s1. The van der Waals surface area contributed by atoms with Crippen LogP contribution in [0.5, 0.6) is 5.75 Å². The van der Waals surface area contributed by atoms with Crippen LogP contribution in [-0.2, 0) is 9.59 Å². The van der Waals surface area contributed by atoms with Crippen LogP contribution in [0.15, 0.2) is 81.4 Å². The molecule has 1 saturated carbocycles. The number of esters is 1. The van der Waals surface area contributed by atoms with Crippen molar-refractivity contribution in [3.05, 3.63) is 98.9 Å². The summed E-state index contributed by atoms with van der Waals surface area (Å²) in [6.45, 7) is -0.821. The lowest BCUT2D eigenvalue weighted by molar-refractivity contribution is -0.154. The van der Waals surface area contributed by atoms with E-state index in [0.29, 0.717) is 10.0 Å². The highest BCUT2D eigenvalue weighted by atomic mass is 35.5. The maximum absolute atomic E-state index is 14.0. The van der Waals surface area contributed by atoms with Crippen molar-refractivity contribution in [2.24, 2.45) is 11.8 Å². The van der Waals surface area contributed by atoms with E-state index in [-0.39, 0.29) is 37.7 Å². The molecule has 1 saturated heterocycles. The number of rotatable bonds is 7. The predicted molar refractivity (Wildman–Crippen MR) is 166 cm³/mol. The number of alkyl halides is 4. The van der Waals surface area contributed by atoms with E-state index in [1.54, 1.807) is 6.07 Å². The summed E-state index contributed by atoms with van der Waals surface area (Å²) in [6, 6.07) is 14.1. The van der Waals surface area contributed by atoms with Crippen LogP contribution < -0.4 is 4.74 Å². The molecule has 0 N–H and O–H groups in total. The first-order valence-electron chi connectivity index (χ1n) is 12.8. The summed E-state index contributed by atoms with van der Waals surface area (Å²) in [4.78, 5) is 63.4. The molecule has 232 valence electrons. The maximum atomic E-state index is 14.0. The molecule has 2 aromatic carbocycles. The van der Waals surface area contributed by atoms with Gasteiger partial charge in [-0.2, -0.15) is 5.01 Å². The number of imide groups is 1. The average Bonchev–Trinajstić information content (AvgIpc) is 3.70. The van der Waals surface area contributed by atoms with Gasteiger partial charge in [0.05, 0.1) is 38.7 Å². The van der Waals surface area contributed by atoms with Gasteiger partial charge in [-0.1, -0.05) is 70.1 Å². The van der Waals surface area contributed by atoms with E-state index in [0.717, 1.165) is 0 Å². The number of hydrazine groups is 1. The van der Waals surface area contributed by atoms with Gasteiger partial charge in [0.15, 0.2) is 10.1 Å². The van der Waals surface area contributed by atoms with Crippen molar-refractivity contribution in [2.75, 3.05) is 6.54 Å². The third-order valence-corrected chi connectivity index (χ3v) is 12.5. The number of ether oxygens (including phenoxy) is 1. The predicted octanol–water partition coefficient (Wildman–Crippen LogP) is 6.84. The first-order valence-corrected chi connectivity index (χ1v) is 15.5. The lowest BCUT2D eigenvalue weighted by atomic mass is 9.84. The Kier molecular flexibility index (Phi) is 8.01. The van der Waals surface area contributed by atoms with E-state index >= 15 is 0 Å². The topological polar surface area (TPSA) is 114 Å². The van der Waals surface area contributed by atoms with Gasteiger partial charge >= 0.3 is 5.97 Å². The number of allylic oxidation sites excluding steroid dienone is 2. The smallest absolute Gasteiger partial charge is 0.379 e. The second-order valence-electron chi connectivity index (χ2n) is 10.2. The number of amides is 3. The number of hydrogen-bond acceptors (Lipinski definition) is 7. The number of benzene rings is 2. The van der Waals surface area contributed by atoms with E-state index in [4.69, 9.17) is 90.4 Å². The number of fused-ring (bicyclic) bond motifs is 5. The zero-order chi connectivity index (χ0) is 32.6. The number of Topliss-reactive ketones (excluding diaryl/α,β-unsaturated/α-hetero) is 1. The Balaban J connectivity index is 1.34. The second-order valence-corrected chi connectivity index (χ2v) is 13.9. The molecule has 2 heterocycles. The highest BCUT2D eigenvalue weighted by molar-refractivity contribution is 6.66. The second kappa shape index (κ2) is 11.2.